The van der Waals surface area contributed by atoms with Crippen LogP contribution in [-0.2, 0) is 4.79 Å². The largest absolute Gasteiger partial charge is 0.396 e. The van der Waals surface area contributed by atoms with E-state index >= 15 is 0 Å². The first-order chi connectivity index (χ1) is 11.0. The molecule has 1 aliphatic rings. The van der Waals surface area contributed by atoms with Gasteiger partial charge in [0.25, 0.3) is 11.8 Å². The molecule has 1 atom stereocenters. The fourth-order valence-electron chi connectivity index (χ4n) is 2.68. The molecule has 124 valence electrons. The molecule has 3 amide bonds. The minimum absolute atomic E-state index is 0.0257. The van der Waals surface area contributed by atoms with Crippen LogP contribution in [0.25, 0.3) is 0 Å². The Morgan fingerprint density at radius 1 is 1.17 bits per heavy atom. The lowest BCUT2D eigenvalue weighted by atomic mass is 10.0. The van der Waals surface area contributed by atoms with Gasteiger partial charge in [-0.3, -0.25) is 19.3 Å². The third kappa shape index (κ3) is 3.59. The van der Waals surface area contributed by atoms with E-state index in [1.165, 1.54) is 0 Å². The van der Waals surface area contributed by atoms with Gasteiger partial charge in [-0.15, -0.1) is 0 Å². The molecule has 0 saturated heterocycles. The molecule has 0 aliphatic carbocycles. The summed E-state index contributed by atoms with van der Waals surface area (Å²) in [6.45, 7) is 4.16. The molecule has 1 aromatic carbocycles. The average Bonchev–Trinajstić information content (AvgIpc) is 2.77. The second-order valence-electron chi connectivity index (χ2n) is 6.04. The Bertz CT molecular complexity index is 577. The fourth-order valence-corrected chi connectivity index (χ4v) is 2.68. The molecule has 1 unspecified atom stereocenters. The summed E-state index contributed by atoms with van der Waals surface area (Å²) < 4.78 is 0. The Labute approximate surface area is 135 Å². The van der Waals surface area contributed by atoms with Crippen LogP contribution in [0.3, 0.4) is 0 Å². The number of amides is 3. The highest BCUT2D eigenvalue weighted by Crippen LogP contribution is 2.26. The minimum Gasteiger partial charge on any atom is -0.396 e. The summed E-state index contributed by atoms with van der Waals surface area (Å²) in [5.74, 6) is -1.06. The zero-order chi connectivity index (χ0) is 17.0. The number of hydrogen-bond donors (Lipinski definition) is 2. The second-order valence-corrected chi connectivity index (χ2v) is 6.04. The third-order valence-electron chi connectivity index (χ3n) is 3.77. The maximum absolute atomic E-state index is 12.5. The number of nitrogens with one attached hydrogen (secondary N) is 1. The van der Waals surface area contributed by atoms with Crippen molar-refractivity contribution in [3.63, 3.8) is 0 Å². The molecule has 0 fully saturated rings. The normalized spacial score (nSPS) is 15.0. The quantitative estimate of drug-likeness (QED) is 0.584. The number of hydrogen-bond acceptors (Lipinski definition) is 4. The summed E-state index contributed by atoms with van der Waals surface area (Å²) in [6.07, 6.45) is 0.832. The second kappa shape index (κ2) is 7.37. The van der Waals surface area contributed by atoms with Gasteiger partial charge in [0.05, 0.1) is 11.1 Å². The first kappa shape index (κ1) is 17.1. The molecule has 1 heterocycles. The predicted molar refractivity (Wildman–Crippen MR) is 84.9 cm³/mol. The van der Waals surface area contributed by atoms with Gasteiger partial charge < -0.3 is 10.4 Å². The number of benzene rings is 1. The van der Waals surface area contributed by atoms with Crippen molar-refractivity contribution >= 4 is 17.7 Å². The van der Waals surface area contributed by atoms with Gasteiger partial charge in [0.15, 0.2) is 0 Å². The van der Waals surface area contributed by atoms with Gasteiger partial charge in [-0.2, -0.15) is 0 Å². The molecule has 0 radical (unpaired) electrons. The molecule has 0 aromatic heterocycles. The van der Waals surface area contributed by atoms with Crippen molar-refractivity contribution in [1.82, 2.24) is 10.2 Å². The van der Waals surface area contributed by atoms with Crippen LogP contribution in [0.15, 0.2) is 24.3 Å². The number of aliphatic hydroxyl groups is 1. The summed E-state index contributed by atoms with van der Waals surface area (Å²) in [5, 5.41) is 11.5. The van der Waals surface area contributed by atoms with E-state index in [4.69, 9.17) is 5.11 Å². The highest BCUT2D eigenvalue weighted by Gasteiger charge is 2.42. The van der Waals surface area contributed by atoms with E-state index in [1.54, 1.807) is 24.3 Å². The molecule has 2 N–H and O–H groups in total. The van der Waals surface area contributed by atoms with Crippen molar-refractivity contribution < 1.29 is 19.5 Å². The van der Waals surface area contributed by atoms with Crippen LogP contribution < -0.4 is 5.32 Å². The van der Waals surface area contributed by atoms with E-state index in [1.807, 2.05) is 13.8 Å². The van der Waals surface area contributed by atoms with Crippen molar-refractivity contribution in [3.05, 3.63) is 35.4 Å². The molecule has 2 rings (SSSR count). The minimum atomic E-state index is -0.832. The van der Waals surface area contributed by atoms with Gasteiger partial charge in [-0.05, 0) is 30.9 Å². The van der Waals surface area contributed by atoms with Crippen molar-refractivity contribution in [2.45, 2.75) is 32.7 Å². The maximum Gasteiger partial charge on any atom is 0.262 e. The molecule has 23 heavy (non-hydrogen) atoms. The zero-order valence-electron chi connectivity index (χ0n) is 13.4. The van der Waals surface area contributed by atoms with Crippen LogP contribution in [0, 0.1) is 5.92 Å². The lowest BCUT2D eigenvalue weighted by Crippen LogP contribution is -2.50. The monoisotopic (exact) mass is 318 g/mol. The van der Waals surface area contributed by atoms with Gasteiger partial charge >= 0.3 is 0 Å². The molecular formula is C17H22N2O4. The molecule has 0 bridgehead atoms. The Hall–Kier alpha value is -2.21. The van der Waals surface area contributed by atoms with Crippen LogP contribution in [0.2, 0.25) is 0 Å². The molecule has 6 heteroatoms. The number of carbonyl (C=O) groups is 3. The molecule has 1 aromatic rings. The fraction of sp³-hybridized carbons (Fsp3) is 0.471. The van der Waals surface area contributed by atoms with Gasteiger partial charge in [0, 0.05) is 13.2 Å². The first-order valence-electron chi connectivity index (χ1n) is 7.82. The van der Waals surface area contributed by atoms with Crippen LogP contribution in [-0.4, -0.2) is 46.9 Å². The molecule has 1 aliphatic heterocycles. The number of imide groups is 1. The highest BCUT2D eigenvalue weighted by atomic mass is 16.3. The summed E-state index contributed by atoms with van der Waals surface area (Å²) in [4.78, 5) is 38.6. The number of nitrogens with zero attached hydrogens (tertiary/aromatic N) is 1. The SMILES string of the molecule is CC(C)CC(C(=O)NCCCO)N1C(=O)c2ccccc2C1=O. The van der Waals surface area contributed by atoms with Crippen LogP contribution in [0.4, 0.5) is 0 Å². The number of carbonyl (C=O) groups excluding carboxylic acids is 3. The Balaban J connectivity index is 2.24. The smallest absolute Gasteiger partial charge is 0.262 e. The number of rotatable bonds is 7. The van der Waals surface area contributed by atoms with E-state index < -0.39 is 17.9 Å². The van der Waals surface area contributed by atoms with E-state index in [-0.39, 0.29) is 18.4 Å². The highest BCUT2D eigenvalue weighted by molar-refractivity contribution is 6.22. The first-order valence-corrected chi connectivity index (χ1v) is 7.82. The summed E-state index contributed by atoms with van der Waals surface area (Å²) >= 11 is 0. The lowest BCUT2D eigenvalue weighted by molar-refractivity contribution is -0.125. The van der Waals surface area contributed by atoms with Crippen molar-refractivity contribution in [3.8, 4) is 0 Å². The van der Waals surface area contributed by atoms with Gasteiger partial charge in [0.2, 0.25) is 5.91 Å². The maximum atomic E-state index is 12.5. The van der Waals surface area contributed by atoms with Gasteiger partial charge in [-0.1, -0.05) is 26.0 Å². The van der Waals surface area contributed by atoms with Crippen molar-refractivity contribution in [2.75, 3.05) is 13.2 Å². The number of aliphatic hydroxyl groups excluding tert-OH is 1. The van der Waals surface area contributed by atoms with E-state index in [0.29, 0.717) is 30.5 Å². The standard InChI is InChI=1S/C17H22N2O4/c1-11(2)10-14(15(21)18-8-5-9-20)19-16(22)12-6-3-4-7-13(12)17(19)23/h3-4,6-7,11,14,20H,5,8-10H2,1-2H3,(H,18,21). The molecular weight excluding hydrogens is 296 g/mol. The lowest BCUT2D eigenvalue weighted by Gasteiger charge is -2.26. The topological polar surface area (TPSA) is 86.7 Å². The Morgan fingerprint density at radius 2 is 1.74 bits per heavy atom. The average molecular weight is 318 g/mol. The van der Waals surface area contributed by atoms with Crippen LogP contribution in [0.5, 0.6) is 0 Å². The van der Waals surface area contributed by atoms with Gasteiger partial charge in [0.1, 0.15) is 6.04 Å². The van der Waals surface area contributed by atoms with E-state index in [2.05, 4.69) is 5.32 Å². The number of fused-ring (bicyclic) bond motifs is 1. The summed E-state index contributed by atoms with van der Waals surface area (Å²) in [5.41, 5.74) is 0.684. The Kier molecular flexibility index (Phi) is 5.50. The molecule has 6 nitrogen and oxygen atoms in total. The summed E-state index contributed by atoms with van der Waals surface area (Å²) in [6, 6.07) is 5.77. The molecule has 0 spiro atoms. The zero-order valence-corrected chi connectivity index (χ0v) is 13.4. The van der Waals surface area contributed by atoms with Crippen LogP contribution in [0.1, 0.15) is 47.4 Å². The predicted octanol–water partition coefficient (Wildman–Crippen LogP) is 1.20. The Morgan fingerprint density at radius 3 is 2.22 bits per heavy atom. The third-order valence-corrected chi connectivity index (χ3v) is 3.77. The molecule has 0 saturated carbocycles. The van der Waals surface area contributed by atoms with Gasteiger partial charge in [-0.25, -0.2) is 0 Å². The van der Waals surface area contributed by atoms with Crippen molar-refractivity contribution in [2.24, 2.45) is 5.92 Å². The summed E-state index contributed by atoms with van der Waals surface area (Å²) in [7, 11) is 0. The van der Waals surface area contributed by atoms with Crippen LogP contribution >= 0.6 is 0 Å². The van der Waals surface area contributed by atoms with E-state index in [0.717, 1.165) is 4.90 Å². The van der Waals surface area contributed by atoms with Crippen molar-refractivity contribution in [1.29, 1.82) is 0 Å². The van der Waals surface area contributed by atoms with E-state index in [9.17, 15) is 14.4 Å².